The first-order valence-corrected chi connectivity index (χ1v) is 10.2. The van der Waals surface area contributed by atoms with Gasteiger partial charge in [0.15, 0.2) is 0 Å². The van der Waals surface area contributed by atoms with Crippen LogP contribution in [-0.2, 0) is 49.6 Å². The van der Waals surface area contributed by atoms with E-state index in [1.807, 2.05) is 0 Å². The van der Waals surface area contributed by atoms with E-state index in [1.165, 1.54) is 38.5 Å². The summed E-state index contributed by atoms with van der Waals surface area (Å²) < 4.78 is 8.88. The Kier molecular flexibility index (Phi) is 23.9. The van der Waals surface area contributed by atoms with E-state index >= 15 is 0 Å². The van der Waals surface area contributed by atoms with Crippen molar-refractivity contribution in [1.82, 2.24) is 0 Å². The third-order valence-electron chi connectivity index (χ3n) is 2.83. The molecule has 0 rings (SSSR count). The molecule has 0 saturated heterocycles. The number of rotatable bonds is 19. The van der Waals surface area contributed by atoms with Gasteiger partial charge in [0.25, 0.3) is 0 Å². The average Bonchev–Trinajstić information content (AvgIpc) is 2.59. The Morgan fingerprint density at radius 2 is 1.21 bits per heavy atom. The average molecular weight is 438 g/mol. The highest BCUT2D eigenvalue weighted by Crippen LogP contribution is 2.25. The lowest BCUT2D eigenvalue weighted by molar-refractivity contribution is -0.829. The van der Waals surface area contributed by atoms with E-state index in [4.69, 9.17) is 19.2 Å². The molecule has 0 aromatic heterocycles. The number of hydrogen-bond donors (Lipinski definition) is 3. The summed E-state index contributed by atoms with van der Waals surface area (Å²) in [7, 11) is -4.64. The first kappa shape index (κ1) is 29.5. The number of hydrogen-bond acceptors (Lipinski definition) is 10. The van der Waals surface area contributed by atoms with Crippen molar-refractivity contribution in [2.75, 3.05) is 6.61 Å². The van der Waals surface area contributed by atoms with Crippen molar-refractivity contribution in [3.8, 4) is 0 Å². The van der Waals surface area contributed by atoms with Crippen LogP contribution in [0.15, 0.2) is 12.8 Å². The van der Waals surface area contributed by atoms with Crippen LogP contribution in [0.25, 0.3) is 0 Å². The fourth-order valence-corrected chi connectivity index (χ4v) is 1.75. The topological polar surface area (TPSA) is 161 Å². The number of phosphoric acid groups is 1. The highest BCUT2D eigenvalue weighted by Gasteiger charge is 2.00. The Balaban J connectivity index is 0. The van der Waals surface area contributed by atoms with Crippen LogP contribution >= 0.6 is 7.82 Å². The van der Waals surface area contributed by atoms with Gasteiger partial charge in [0.1, 0.15) is 6.26 Å². The Labute approximate surface area is 163 Å². The molecule has 28 heavy (non-hydrogen) atoms. The van der Waals surface area contributed by atoms with E-state index in [9.17, 15) is 0 Å². The minimum Gasteiger partial charge on any atom is -0.315 e. The predicted octanol–water partition coefficient (Wildman–Crippen LogP) is 3.45. The van der Waals surface area contributed by atoms with Crippen molar-refractivity contribution in [3.63, 3.8) is 0 Å². The van der Waals surface area contributed by atoms with Crippen molar-refractivity contribution >= 4 is 7.82 Å². The third-order valence-corrected chi connectivity index (χ3v) is 2.83. The maximum atomic E-state index is 8.88. The monoisotopic (exact) mass is 438 g/mol. The quantitative estimate of drug-likeness (QED) is 0.0885. The summed E-state index contributed by atoms with van der Waals surface area (Å²) in [5.74, 6) is 0.808. The summed E-state index contributed by atoms with van der Waals surface area (Å²) in [5.41, 5.74) is 0. The highest BCUT2D eigenvalue weighted by molar-refractivity contribution is 7.45. The summed E-state index contributed by atoms with van der Waals surface area (Å²) in [5, 5.41) is 27.2. The fourth-order valence-electron chi connectivity index (χ4n) is 1.75. The van der Waals surface area contributed by atoms with Gasteiger partial charge in [0, 0.05) is 20.2 Å². The van der Waals surface area contributed by atoms with Gasteiger partial charge in [-0.1, -0.05) is 65.4 Å². The lowest BCUT2D eigenvalue weighted by atomic mass is 10.0. The molecular formula is C14H31O13P. The molecule has 13 nitrogen and oxygen atoms in total. The van der Waals surface area contributed by atoms with Gasteiger partial charge in [-0.2, -0.15) is 0 Å². The van der Waals surface area contributed by atoms with Crippen molar-refractivity contribution < 1.29 is 64.3 Å². The Morgan fingerprint density at radius 3 is 1.71 bits per heavy atom. The minimum absolute atomic E-state index is 0.379. The van der Waals surface area contributed by atoms with Crippen molar-refractivity contribution in [3.05, 3.63) is 12.8 Å². The van der Waals surface area contributed by atoms with Gasteiger partial charge in [-0.25, -0.2) is 9.45 Å². The van der Waals surface area contributed by atoms with Gasteiger partial charge in [0.2, 0.25) is 0 Å². The van der Waals surface area contributed by atoms with Crippen molar-refractivity contribution in [2.45, 2.75) is 65.2 Å². The summed E-state index contributed by atoms with van der Waals surface area (Å²) in [4.78, 5) is 30.3. The zero-order chi connectivity index (χ0) is 21.5. The van der Waals surface area contributed by atoms with Crippen molar-refractivity contribution in [1.29, 1.82) is 0 Å². The maximum absolute atomic E-state index is 8.88. The van der Waals surface area contributed by atoms with Crippen LogP contribution in [-0.4, -0.2) is 21.3 Å². The van der Waals surface area contributed by atoms with Crippen LogP contribution in [0.5, 0.6) is 0 Å². The highest BCUT2D eigenvalue weighted by atomic mass is 31.2. The second kappa shape index (κ2) is 22.6. The molecule has 0 amide bonds. The SMILES string of the molecule is C=COOOOOOOOOCCCCCCCCCC(C)C.O=P(O)(O)O. The van der Waals surface area contributed by atoms with Gasteiger partial charge >= 0.3 is 7.82 Å². The molecule has 0 atom stereocenters. The van der Waals surface area contributed by atoms with Gasteiger partial charge in [-0.05, 0) is 27.5 Å². The largest absolute Gasteiger partial charge is 0.466 e. The van der Waals surface area contributed by atoms with Crippen LogP contribution in [0, 0.1) is 5.92 Å². The predicted molar refractivity (Wildman–Crippen MR) is 90.9 cm³/mol. The lowest BCUT2D eigenvalue weighted by Gasteiger charge is -2.04. The second-order valence-corrected chi connectivity index (χ2v) is 6.76. The van der Waals surface area contributed by atoms with Crippen LogP contribution < -0.4 is 0 Å². The van der Waals surface area contributed by atoms with Gasteiger partial charge in [-0.15, -0.1) is 0 Å². The zero-order valence-electron chi connectivity index (χ0n) is 16.1. The maximum Gasteiger partial charge on any atom is 0.466 e. The molecule has 0 bridgehead atoms. The zero-order valence-corrected chi connectivity index (χ0v) is 17.0. The van der Waals surface area contributed by atoms with E-state index in [0.717, 1.165) is 25.0 Å². The fraction of sp³-hybridized carbons (Fsp3) is 0.857. The number of unbranched alkanes of at least 4 members (excludes halogenated alkanes) is 6. The van der Waals surface area contributed by atoms with E-state index in [1.54, 1.807) is 0 Å². The molecule has 0 aliphatic heterocycles. The van der Waals surface area contributed by atoms with Gasteiger partial charge in [0.05, 0.1) is 6.61 Å². The van der Waals surface area contributed by atoms with Gasteiger partial charge in [-0.3, -0.25) is 0 Å². The van der Waals surface area contributed by atoms with Crippen LogP contribution in [0.2, 0.25) is 0 Å². The van der Waals surface area contributed by atoms with E-state index in [2.05, 4.69) is 65.5 Å². The normalized spacial score (nSPS) is 11.2. The summed E-state index contributed by atoms with van der Waals surface area (Å²) in [6.45, 7) is 8.06. The Bertz CT molecular complexity index is 355. The standard InChI is InChI=1S/C14H28O9.H3O4P/c1-4-15-17-19-21-23-22-20-18-16-13-11-9-7-5-6-8-10-12-14(2)3;1-5(2,3)4/h4,14H,1,5-13H2,2-3H3;(H3,1,2,3,4). The molecule has 0 fully saturated rings. The lowest BCUT2D eigenvalue weighted by Crippen LogP contribution is -2.02. The molecule has 0 spiro atoms. The first-order valence-electron chi connectivity index (χ1n) is 8.61. The molecule has 0 unspecified atom stereocenters. The molecule has 3 N–H and O–H groups in total. The van der Waals surface area contributed by atoms with E-state index < -0.39 is 7.82 Å². The molecule has 0 saturated carbocycles. The Morgan fingerprint density at radius 1 is 0.786 bits per heavy atom. The molecule has 0 aromatic rings. The van der Waals surface area contributed by atoms with Crippen LogP contribution in [0.1, 0.15) is 65.2 Å². The second-order valence-electron chi connectivity index (χ2n) is 5.73. The molecule has 0 heterocycles. The molecule has 0 aliphatic rings. The third kappa shape index (κ3) is 40.1. The Hall–Kier alpha value is -0.670. The molecule has 0 radical (unpaired) electrons. The molecule has 0 aromatic carbocycles. The summed E-state index contributed by atoms with van der Waals surface area (Å²) >= 11 is 0. The smallest absolute Gasteiger partial charge is 0.315 e. The van der Waals surface area contributed by atoms with E-state index in [-0.39, 0.29) is 0 Å². The molecule has 170 valence electrons. The van der Waals surface area contributed by atoms with Gasteiger partial charge < -0.3 is 19.6 Å². The summed E-state index contributed by atoms with van der Waals surface area (Å²) in [6.07, 6.45) is 10.6. The minimum atomic E-state index is -4.64. The van der Waals surface area contributed by atoms with Crippen molar-refractivity contribution in [2.24, 2.45) is 5.92 Å². The summed E-state index contributed by atoms with van der Waals surface area (Å²) in [6, 6.07) is 0. The molecule has 0 aliphatic carbocycles. The molecular weight excluding hydrogens is 407 g/mol. The van der Waals surface area contributed by atoms with E-state index in [0.29, 0.717) is 6.61 Å². The van der Waals surface area contributed by atoms with Crippen LogP contribution in [0.3, 0.4) is 0 Å². The first-order chi connectivity index (χ1) is 13.3. The van der Waals surface area contributed by atoms with Crippen LogP contribution in [0.4, 0.5) is 0 Å². The molecule has 14 heteroatoms.